The predicted octanol–water partition coefficient (Wildman–Crippen LogP) is 2.57. The van der Waals surface area contributed by atoms with Crippen molar-refractivity contribution in [2.75, 3.05) is 0 Å². The molecule has 0 radical (unpaired) electrons. The van der Waals surface area contributed by atoms with E-state index in [4.69, 9.17) is 9.78 Å². The van der Waals surface area contributed by atoms with Crippen molar-refractivity contribution in [2.45, 2.75) is 17.1 Å². The van der Waals surface area contributed by atoms with Crippen molar-refractivity contribution < 1.29 is 8.91 Å². The molecule has 17 heavy (non-hydrogen) atoms. The standard InChI is InChI=1S/C11H8FN3OS/c12-8-2-1-3-9(6-8)17-7-10-14-11(4-5-13)16-15-10/h1-3,6H,4,7H2. The summed E-state index contributed by atoms with van der Waals surface area (Å²) in [5.74, 6) is 1.03. The third-order valence-electron chi connectivity index (χ3n) is 1.90. The first kappa shape index (κ1) is 11.6. The first-order valence-electron chi connectivity index (χ1n) is 4.84. The van der Waals surface area contributed by atoms with Crippen LogP contribution in [0.5, 0.6) is 0 Å². The SMILES string of the molecule is N#CCc1nc(CSc2cccc(F)c2)no1. The van der Waals surface area contributed by atoms with E-state index >= 15 is 0 Å². The second-order valence-corrected chi connectivity index (χ2v) is 4.23. The van der Waals surface area contributed by atoms with Crippen LogP contribution in [0.3, 0.4) is 0 Å². The summed E-state index contributed by atoms with van der Waals surface area (Å²) in [6.45, 7) is 0. The van der Waals surface area contributed by atoms with Gasteiger partial charge in [-0.1, -0.05) is 11.2 Å². The lowest BCUT2D eigenvalue weighted by molar-refractivity contribution is 0.383. The Morgan fingerprint density at radius 2 is 2.35 bits per heavy atom. The van der Waals surface area contributed by atoms with Crippen LogP contribution in [-0.4, -0.2) is 10.1 Å². The number of aromatic nitrogens is 2. The molecule has 0 unspecified atom stereocenters. The first-order chi connectivity index (χ1) is 8.28. The Balaban J connectivity index is 1.95. The van der Waals surface area contributed by atoms with Crippen molar-refractivity contribution in [1.29, 1.82) is 5.26 Å². The maximum atomic E-state index is 12.9. The van der Waals surface area contributed by atoms with Crippen LogP contribution in [0.4, 0.5) is 4.39 Å². The maximum Gasteiger partial charge on any atom is 0.240 e. The second kappa shape index (κ2) is 5.46. The summed E-state index contributed by atoms with van der Waals surface area (Å²) in [5.41, 5.74) is 0. The minimum absolute atomic E-state index is 0.109. The summed E-state index contributed by atoms with van der Waals surface area (Å²) in [5, 5.41) is 12.2. The molecule has 0 bridgehead atoms. The molecule has 1 aromatic carbocycles. The summed E-state index contributed by atoms with van der Waals surface area (Å²) >= 11 is 1.41. The fourth-order valence-electron chi connectivity index (χ4n) is 1.19. The lowest BCUT2D eigenvalue weighted by atomic mass is 10.4. The minimum atomic E-state index is -0.270. The Labute approximate surface area is 101 Å². The normalized spacial score (nSPS) is 10.1. The lowest BCUT2D eigenvalue weighted by Crippen LogP contribution is -1.86. The molecular weight excluding hydrogens is 241 g/mol. The van der Waals surface area contributed by atoms with E-state index in [1.54, 1.807) is 6.07 Å². The largest absolute Gasteiger partial charge is 0.338 e. The smallest absolute Gasteiger partial charge is 0.240 e. The number of halogens is 1. The molecule has 0 fully saturated rings. The molecule has 0 N–H and O–H groups in total. The van der Waals surface area contributed by atoms with Crippen molar-refractivity contribution in [3.8, 4) is 6.07 Å². The molecular formula is C11H8FN3OS. The van der Waals surface area contributed by atoms with Gasteiger partial charge in [0.25, 0.3) is 0 Å². The molecule has 0 atom stereocenters. The van der Waals surface area contributed by atoms with E-state index in [1.807, 2.05) is 12.1 Å². The van der Waals surface area contributed by atoms with E-state index in [2.05, 4.69) is 10.1 Å². The van der Waals surface area contributed by atoms with Crippen molar-refractivity contribution in [1.82, 2.24) is 10.1 Å². The zero-order valence-electron chi connectivity index (χ0n) is 8.76. The van der Waals surface area contributed by atoms with E-state index in [-0.39, 0.29) is 12.2 Å². The van der Waals surface area contributed by atoms with Gasteiger partial charge in [-0.2, -0.15) is 10.2 Å². The van der Waals surface area contributed by atoms with E-state index in [0.29, 0.717) is 17.5 Å². The van der Waals surface area contributed by atoms with Crippen molar-refractivity contribution in [2.24, 2.45) is 0 Å². The quantitative estimate of drug-likeness (QED) is 0.779. The maximum absolute atomic E-state index is 12.9. The van der Waals surface area contributed by atoms with Crippen LogP contribution < -0.4 is 0 Å². The lowest BCUT2D eigenvalue weighted by Gasteiger charge is -1.97. The minimum Gasteiger partial charge on any atom is -0.338 e. The molecule has 0 aliphatic heterocycles. The Bertz CT molecular complexity index is 550. The van der Waals surface area contributed by atoms with Crippen molar-refractivity contribution in [3.05, 3.63) is 41.8 Å². The molecule has 6 heteroatoms. The number of nitriles is 1. The molecule has 2 rings (SSSR count). The fraction of sp³-hybridized carbons (Fsp3) is 0.182. The zero-order valence-corrected chi connectivity index (χ0v) is 9.58. The number of benzene rings is 1. The van der Waals surface area contributed by atoms with Gasteiger partial charge in [-0.05, 0) is 18.2 Å². The van der Waals surface area contributed by atoms with E-state index in [0.717, 1.165) is 4.90 Å². The summed E-state index contributed by atoms with van der Waals surface area (Å²) in [6.07, 6.45) is 0.109. The third kappa shape index (κ3) is 3.29. The summed E-state index contributed by atoms with van der Waals surface area (Å²) in [4.78, 5) is 4.83. The number of hydrogen-bond acceptors (Lipinski definition) is 5. The molecule has 86 valence electrons. The Kier molecular flexibility index (Phi) is 3.73. The molecule has 0 aliphatic carbocycles. The van der Waals surface area contributed by atoms with Gasteiger partial charge >= 0.3 is 0 Å². The van der Waals surface area contributed by atoms with Gasteiger partial charge in [-0.3, -0.25) is 0 Å². The number of hydrogen-bond donors (Lipinski definition) is 0. The van der Waals surface area contributed by atoms with Crippen LogP contribution in [0.15, 0.2) is 33.7 Å². The topological polar surface area (TPSA) is 62.7 Å². The van der Waals surface area contributed by atoms with Gasteiger partial charge in [-0.15, -0.1) is 11.8 Å². The van der Waals surface area contributed by atoms with Gasteiger partial charge in [0.1, 0.15) is 12.2 Å². The summed E-state index contributed by atoms with van der Waals surface area (Å²) in [6, 6.07) is 8.22. The molecule has 1 heterocycles. The number of nitrogens with zero attached hydrogens (tertiary/aromatic N) is 3. The molecule has 0 spiro atoms. The van der Waals surface area contributed by atoms with E-state index in [1.165, 1.54) is 23.9 Å². The Morgan fingerprint density at radius 1 is 1.47 bits per heavy atom. The Hall–Kier alpha value is -1.87. The van der Waals surface area contributed by atoms with Crippen LogP contribution >= 0.6 is 11.8 Å². The van der Waals surface area contributed by atoms with Crippen LogP contribution in [0.25, 0.3) is 0 Å². The Morgan fingerprint density at radius 3 is 3.12 bits per heavy atom. The summed E-state index contributed by atoms with van der Waals surface area (Å²) < 4.78 is 17.7. The molecule has 0 aliphatic rings. The zero-order chi connectivity index (χ0) is 12.1. The number of thioether (sulfide) groups is 1. The molecule has 0 saturated heterocycles. The van der Waals surface area contributed by atoms with Gasteiger partial charge in [0.05, 0.1) is 11.8 Å². The molecule has 0 saturated carbocycles. The highest BCUT2D eigenvalue weighted by molar-refractivity contribution is 7.98. The van der Waals surface area contributed by atoms with Gasteiger partial charge < -0.3 is 4.52 Å². The summed E-state index contributed by atoms with van der Waals surface area (Å²) in [7, 11) is 0. The number of rotatable bonds is 4. The molecule has 4 nitrogen and oxygen atoms in total. The second-order valence-electron chi connectivity index (χ2n) is 3.19. The molecule has 1 aromatic heterocycles. The third-order valence-corrected chi connectivity index (χ3v) is 2.89. The van der Waals surface area contributed by atoms with Gasteiger partial charge in [0.15, 0.2) is 5.82 Å². The van der Waals surface area contributed by atoms with Gasteiger partial charge in [0, 0.05) is 4.90 Å². The average molecular weight is 249 g/mol. The highest BCUT2D eigenvalue weighted by atomic mass is 32.2. The highest BCUT2D eigenvalue weighted by Gasteiger charge is 2.06. The first-order valence-corrected chi connectivity index (χ1v) is 5.83. The van der Waals surface area contributed by atoms with E-state index in [9.17, 15) is 4.39 Å². The highest BCUT2D eigenvalue weighted by Crippen LogP contribution is 2.21. The monoisotopic (exact) mass is 249 g/mol. The van der Waals surface area contributed by atoms with Crippen LogP contribution in [-0.2, 0) is 12.2 Å². The fourth-order valence-corrected chi connectivity index (χ4v) is 1.98. The van der Waals surface area contributed by atoms with Gasteiger partial charge in [0.2, 0.25) is 5.89 Å². The molecule has 2 aromatic rings. The van der Waals surface area contributed by atoms with Gasteiger partial charge in [-0.25, -0.2) is 4.39 Å². The predicted molar refractivity (Wildman–Crippen MR) is 59.6 cm³/mol. The van der Waals surface area contributed by atoms with Crippen LogP contribution in [0, 0.1) is 17.1 Å². The van der Waals surface area contributed by atoms with Crippen LogP contribution in [0.2, 0.25) is 0 Å². The van der Waals surface area contributed by atoms with Crippen molar-refractivity contribution in [3.63, 3.8) is 0 Å². The van der Waals surface area contributed by atoms with Crippen LogP contribution in [0.1, 0.15) is 11.7 Å². The average Bonchev–Trinajstić information content (AvgIpc) is 2.75. The van der Waals surface area contributed by atoms with Crippen molar-refractivity contribution >= 4 is 11.8 Å². The molecule has 0 amide bonds. The van der Waals surface area contributed by atoms with E-state index < -0.39 is 0 Å².